The average molecular weight is 158 g/mol. The molecule has 0 aliphatic carbocycles. The van der Waals surface area contributed by atoms with Gasteiger partial charge in [0.15, 0.2) is 0 Å². The molecule has 1 heteroatoms. The normalized spacial score (nSPS) is 37.4. The van der Waals surface area contributed by atoms with Crippen LogP contribution in [0.4, 0.5) is 0 Å². The number of ether oxygens (including phenoxy) is 1. The van der Waals surface area contributed by atoms with E-state index in [1.165, 1.54) is 6.42 Å². The lowest BCUT2D eigenvalue weighted by molar-refractivity contribution is -0.0351. The fraction of sp³-hybridized carbons (Fsp3) is 1.00. The highest BCUT2D eigenvalue weighted by atomic mass is 16.5. The van der Waals surface area contributed by atoms with E-state index < -0.39 is 0 Å². The van der Waals surface area contributed by atoms with Crippen LogP contribution in [0.3, 0.4) is 0 Å². The molecule has 0 N–H and O–H groups in total. The Morgan fingerprint density at radius 3 is 2.00 bits per heavy atom. The summed E-state index contributed by atoms with van der Waals surface area (Å²) in [6.45, 7) is 11.6. The van der Waals surface area contributed by atoms with Crippen molar-refractivity contribution in [2.45, 2.75) is 47.1 Å². The molecule has 1 heterocycles. The van der Waals surface area contributed by atoms with Crippen molar-refractivity contribution in [3.8, 4) is 0 Å². The minimum atomic E-state index is 0.487. The van der Waals surface area contributed by atoms with Gasteiger partial charge in [0.25, 0.3) is 0 Å². The van der Waals surface area contributed by atoms with Gasteiger partial charge in [0, 0.05) is 6.61 Å². The Morgan fingerprint density at radius 2 is 1.64 bits per heavy atom. The van der Waals surface area contributed by atoms with Crippen LogP contribution >= 0.6 is 0 Å². The van der Waals surface area contributed by atoms with Crippen LogP contribution in [0.2, 0.25) is 0 Å². The molecule has 68 valence electrons. The molecule has 1 aliphatic rings. The Hall–Kier alpha value is -0.0400. The summed E-state index contributed by atoms with van der Waals surface area (Å²) in [5.41, 5.74) is 0. The van der Waals surface area contributed by atoms with E-state index in [4.69, 9.17) is 4.74 Å². The topological polar surface area (TPSA) is 9.23 Å². The molecule has 0 unspecified atom stereocenters. The molecule has 11 heavy (non-hydrogen) atoms. The summed E-state index contributed by atoms with van der Waals surface area (Å²) in [6, 6.07) is 0. The molecule has 1 aliphatic heterocycles. The summed E-state index contributed by atoms with van der Waals surface area (Å²) in [5, 5.41) is 0. The monoisotopic (exact) mass is 158 g/mol. The largest absolute Gasteiger partial charge is 0.378 e. The quantitative estimate of drug-likeness (QED) is 0.526. The van der Waals surface area contributed by atoms with Gasteiger partial charge in [-0.2, -0.15) is 0 Å². The van der Waals surface area contributed by atoms with E-state index in [9.17, 15) is 0 Å². The maximum absolute atomic E-state index is 5.50. The standard InChI is InChI=1S/C8H16O.C2H6/c1-6-4-7(2)8(3)9-5-6;1-2/h6-8H,4-5H2,1-3H3;1-2H3/t6-,7+,8+;/m0./s1. The van der Waals surface area contributed by atoms with Crippen LogP contribution in [0.5, 0.6) is 0 Å². The van der Waals surface area contributed by atoms with E-state index in [0.717, 1.165) is 18.4 Å². The molecule has 0 amide bonds. The summed E-state index contributed by atoms with van der Waals surface area (Å²) in [7, 11) is 0. The van der Waals surface area contributed by atoms with Crippen molar-refractivity contribution in [2.75, 3.05) is 6.61 Å². The van der Waals surface area contributed by atoms with Crippen LogP contribution in [0, 0.1) is 11.8 Å². The third kappa shape index (κ3) is 3.76. The average Bonchev–Trinajstić information content (AvgIpc) is 2.02. The summed E-state index contributed by atoms with van der Waals surface area (Å²) >= 11 is 0. The van der Waals surface area contributed by atoms with Crippen LogP contribution in [0.25, 0.3) is 0 Å². The van der Waals surface area contributed by atoms with Crippen LogP contribution in [-0.4, -0.2) is 12.7 Å². The number of rotatable bonds is 0. The van der Waals surface area contributed by atoms with Crippen molar-refractivity contribution in [1.82, 2.24) is 0 Å². The van der Waals surface area contributed by atoms with Crippen LogP contribution < -0.4 is 0 Å². The second-order valence-electron chi connectivity index (χ2n) is 3.36. The highest BCUT2D eigenvalue weighted by molar-refractivity contribution is 4.70. The second kappa shape index (κ2) is 5.59. The molecule has 0 aromatic rings. The summed E-state index contributed by atoms with van der Waals surface area (Å²) < 4.78 is 5.50. The first-order chi connectivity index (χ1) is 5.20. The summed E-state index contributed by atoms with van der Waals surface area (Å²) in [4.78, 5) is 0. The molecular weight excluding hydrogens is 136 g/mol. The second-order valence-corrected chi connectivity index (χ2v) is 3.36. The lowest BCUT2D eigenvalue weighted by atomic mass is 9.91. The van der Waals surface area contributed by atoms with Gasteiger partial charge in [0.05, 0.1) is 6.10 Å². The third-order valence-corrected chi connectivity index (χ3v) is 2.22. The van der Waals surface area contributed by atoms with Crippen molar-refractivity contribution in [2.24, 2.45) is 11.8 Å². The number of hydrogen-bond donors (Lipinski definition) is 0. The third-order valence-electron chi connectivity index (χ3n) is 2.22. The highest BCUT2D eigenvalue weighted by Gasteiger charge is 2.21. The Balaban J connectivity index is 0.000000461. The van der Waals surface area contributed by atoms with Crippen molar-refractivity contribution in [3.63, 3.8) is 0 Å². The Kier molecular flexibility index (Phi) is 5.57. The van der Waals surface area contributed by atoms with E-state index in [2.05, 4.69) is 20.8 Å². The lowest BCUT2D eigenvalue weighted by Crippen LogP contribution is -2.29. The van der Waals surface area contributed by atoms with Gasteiger partial charge in [-0.1, -0.05) is 27.7 Å². The first-order valence-electron chi connectivity index (χ1n) is 4.81. The van der Waals surface area contributed by atoms with E-state index >= 15 is 0 Å². The molecule has 0 saturated carbocycles. The molecule has 0 radical (unpaired) electrons. The van der Waals surface area contributed by atoms with Gasteiger partial charge >= 0.3 is 0 Å². The zero-order valence-electron chi connectivity index (χ0n) is 8.55. The van der Waals surface area contributed by atoms with Gasteiger partial charge < -0.3 is 4.74 Å². The predicted molar refractivity (Wildman–Crippen MR) is 49.7 cm³/mol. The molecule has 1 fully saturated rings. The predicted octanol–water partition coefficient (Wildman–Crippen LogP) is 3.09. The smallest absolute Gasteiger partial charge is 0.0572 e. The summed E-state index contributed by atoms with van der Waals surface area (Å²) in [5.74, 6) is 1.53. The van der Waals surface area contributed by atoms with Gasteiger partial charge in [-0.05, 0) is 25.2 Å². The SMILES string of the molecule is CC.C[C@@H]1CO[C@H](C)[C@H](C)C1. The zero-order chi connectivity index (χ0) is 8.85. The number of hydrogen-bond acceptors (Lipinski definition) is 1. The van der Waals surface area contributed by atoms with Gasteiger partial charge in [-0.25, -0.2) is 0 Å². The molecular formula is C10H22O. The van der Waals surface area contributed by atoms with Crippen molar-refractivity contribution in [3.05, 3.63) is 0 Å². The minimum absolute atomic E-state index is 0.487. The Labute approximate surface area is 71.1 Å². The van der Waals surface area contributed by atoms with E-state index in [-0.39, 0.29) is 0 Å². The van der Waals surface area contributed by atoms with Crippen molar-refractivity contribution in [1.29, 1.82) is 0 Å². The first kappa shape index (κ1) is 11.0. The molecule has 1 nitrogen and oxygen atoms in total. The van der Waals surface area contributed by atoms with Gasteiger partial charge in [-0.3, -0.25) is 0 Å². The molecule has 3 atom stereocenters. The molecule has 0 bridgehead atoms. The molecule has 1 rings (SSSR count). The molecule has 0 aromatic carbocycles. The van der Waals surface area contributed by atoms with Crippen molar-refractivity contribution >= 4 is 0 Å². The summed E-state index contributed by atoms with van der Waals surface area (Å²) in [6.07, 6.45) is 1.82. The van der Waals surface area contributed by atoms with Gasteiger partial charge in [0.2, 0.25) is 0 Å². The van der Waals surface area contributed by atoms with Gasteiger partial charge in [0.1, 0.15) is 0 Å². The van der Waals surface area contributed by atoms with Crippen LogP contribution in [-0.2, 0) is 4.74 Å². The molecule has 1 saturated heterocycles. The van der Waals surface area contributed by atoms with Crippen LogP contribution in [0.1, 0.15) is 41.0 Å². The highest BCUT2D eigenvalue weighted by Crippen LogP contribution is 2.23. The Bertz CT molecular complexity index is 90.9. The maximum atomic E-state index is 5.50. The van der Waals surface area contributed by atoms with Crippen LogP contribution in [0.15, 0.2) is 0 Å². The van der Waals surface area contributed by atoms with E-state index in [0.29, 0.717) is 6.10 Å². The fourth-order valence-corrected chi connectivity index (χ4v) is 1.37. The minimum Gasteiger partial charge on any atom is -0.378 e. The molecule has 0 spiro atoms. The molecule has 0 aromatic heterocycles. The van der Waals surface area contributed by atoms with Gasteiger partial charge in [-0.15, -0.1) is 0 Å². The lowest BCUT2D eigenvalue weighted by Gasteiger charge is -2.30. The van der Waals surface area contributed by atoms with E-state index in [1.807, 2.05) is 13.8 Å². The maximum Gasteiger partial charge on any atom is 0.0572 e. The fourth-order valence-electron chi connectivity index (χ4n) is 1.37. The van der Waals surface area contributed by atoms with E-state index in [1.54, 1.807) is 0 Å². The Morgan fingerprint density at radius 1 is 1.09 bits per heavy atom. The first-order valence-corrected chi connectivity index (χ1v) is 4.81. The zero-order valence-corrected chi connectivity index (χ0v) is 8.55. The van der Waals surface area contributed by atoms with Crippen molar-refractivity contribution < 1.29 is 4.74 Å².